The number of likely N-dealkylation sites (tertiary alicyclic amines) is 1. The van der Waals surface area contributed by atoms with Crippen LogP contribution >= 0.6 is 11.8 Å². The van der Waals surface area contributed by atoms with E-state index in [1.165, 1.54) is 17.9 Å². The molecule has 0 radical (unpaired) electrons. The van der Waals surface area contributed by atoms with Gasteiger partial charge in [-0.2, -0.15) is 11.8 Å². The van der Waals surface area contributed by atoms with Gasteiger partial charge in [0.2, 0.25) is 0 Å². The summed E-state index contributed by atoms with van der Waals surface area (Å²) in [5.74, 6) is 3.07. The van der Waals surface area contributed by atoms with Gasteiger partial charge in [-0.05, 0) is 25.1 Å². The van der Waals surface area contributed by atoms with E-state index >= 15 is 0 Å². The van der Waals surface area contributed by atoms with E-state index in [2.05, 4.69) is 16.7 Å². The maximum atomic E-state index is 11.2. The zero-order valence-corrected chi connectivity index (χ0v) is 8.81. The van der Waals surface area contributed by atoms with E-state index in [1.807, 2.05) is 0 Å². The van der Waals surface area contributed by atoms with E-state index in [1.54, 1.807) is 0 Å². The van der Waals surface area contributed by atoms with Crippen LogP contribution in [-0.2, 0) is 4.79 Å². The average molecular weight is 199 g/mol. The molecule has 2 aliphatic rings. The smallest absolute Gasteiger partial charge is 0.134 e. The summed E-state index contributed by atoms with van der Waals surface area (Å²) in [5, 5.41) is 0. The standard InChI is InChI=1S/C10H17NOS/c12-10-2-1-5-11(6-3-10)9-4-7-13-8-9/h9H,1-8H2. The van der Waals surface area contributed by atoms with Crippen molar-refractivity contribution < 1.29 is 4.79 Å². The minimum atomic E-state index is 0.466. The van der Waals surface area contributed by atoms with Gasteiger partial charge in [0.05, 0.1) is 0 Å². The van der Waals surface area contributed by atoms with Crippen molar-refractivity contribution in [3.63, 3.8) is 0 Å². The number of Topliss-reactive ketones (excluding diaryl/α,β-unsaturated/α-hetero) is 1. The number of thioether (sulfide) groups is 1. The molecule has 2 nitrogen and oxygen atoms in total. The molecule has 0 spiro atoms. The van der Waals surface area contributed by atoms with Gasteiger partial charge in [0, 0.05) is 31.2 Å². The van der Waals surface area contributed by atoms with E-state index in [0.29, 0.717) is 5.78 Å². The molecule has 1 atom stereocenters. The Kier molecular flexibility index (Phi) is 3.28. The molecule has 0 aliphatic carbocycles. The minimum Gasteiger partial charge on any atom is -0.300 e. The first-order valence-electron chi connectivity index (χ1n) is 5.20. The third kappa shape index (κ3) is 2.47. The van der Waals surface area contributed by atoms with Crippen molar-refractivity contribution >= 4 is 17.5 Å². The first-order valence-corrected chi connectivity index (χ1v) is 6.35. The van der Waals surface area contributed by atoms with Crippen LogP contribution in [0.4, 0.5) is 0 Å². The third-order valence-corrected chi connectivity index (χ3v) is 4.15. The molecule has 1 unspecified atom stereocenters. The lowest BCUT2D eigenvalue weighted by molar-refractivity contribution is -0.118. The fourth-order valence-corrected chi connectivity index (χ4v) is 3.41. The van der Waals surface area contributed by atoms with Crippen molar-refractivity contribution in [2.75, 3.05) is 24.6 Å². The number of nitrogens with zero attached hydrogens (tertiary/aromatic N) is 1. The molecule has 0 aromatic heterocycles. The molecule has 0 aromatic carbocycles. The Morgan fingerprint density at radius 3 is 3.00 bits per heavy atom. The van der Waals surface area contributed by atoms with Crippen molar-refractivity contribution in [2.45, 2.75) is 31.7 Å². The van der Waals surface area contributed by atoms with Crippen LogP contribution in [-0.4, -0.2) is 41.3 Å². The van der Waals surface area contributed by atoms with Gasteiger partial charge in [0.1, 0.15) is 5.78 Å². The summed E-state index contributed by atoms with van der Waals surface area (Å²) in [6.45, 7) is 2.17. The van der Waals surface area contributed by atoms with Crippen LogP contribution in [0, 0.1) is 0 Å². The molecule has 2 heterocycles. The van der Waals surface area contributed by atoms with Crippen molar-refractivity contribution in [1.82, 2.24) is 4.90 Å². The van der Waals surface area contributed by atoms with E-state index in [0.717, 1.165) is 38.4 Å². The predicted octanol–water partition coefficient (Wildman–Crippen LogP) is 1.55. The number of carbonyl (C=O) groups is 1. The second kappa shape index (κ2) is 4.47. The molecule has 2 fully saturated rings. The van der Waals surface area contributed by atoms with Crippen LogP contribution in [0.15, 0.2) is 0 Å². The van der Waals surface area contributed by atoms with E-state index in [4.69, 9.17) is 0 Å². The van der Waals surface area contributed by atoms with E-state index in [9.17, 15) is 4.79 Å². The average Bonchev–Trinajstić information content (AvgIpc) is 2.56. The summed E-state index contributed by atoms with van der Waals surface area (Å²) in [6, 6.07) is 0.774. The van der Waals surface area contributed by atoms with Crippen LogP contribution < -0.4 is 0 Å². The lowest BCUT2D eigenvalue weighted by Crippen LogP contribution is -2.36. The van der Waals surface area contributed by atoms with Crippen molar-refractivity contribution in [3.05, 3.63) is 0 Å². The first-order chi connectivity index (χ1) is 6.36. The van der Waals surface area contributed by atoms with Gasteiger partial charge in [0.15, 0.2) is 0 Å². The SMILES string of the molecule is O=C1CCCN(C2CCSC2)CC1. The van der Waals surface area contributed by atoms with Crippen LogP contribution in [0.5, 0.6) is 0 Å². The van der Waals surface area contributed by atoms with Crippen LogP contribution in [0.2, 0.25) is 0 Å². The third-order valence-electron chi connectivity index (χ3n) is 3.00. The van der Waals surface area contributed by atoms with E-state index in [-0.39, 0.29) is 0 Å². The van der Waals surface area contributed by atoms with Gasteiger partial charge >= 0.3 is 0 Å². The Bertz CT molecular complexity index is 189. The maximum Gasteiger partial charge on any atom is 0.134 e. The number of rotatable bonds is 1. The quantitative estimate of drug-likeness (QED) is 0.639. The van der Waals surface area contributed by atoms with E-state index < -0.39 is 0 Å². The molecule has 2 aliphatic heterocycles. The minimum absolute atomic E-state index is 0.466. The molecule has 0 bridgehead atoms. The monoisotopic (exact) mass is 199 g/mol. The summed E-state index contributed by atoms with van der Waals surface area (Å²) in [5.41, 5.74) is 0. The molecule has 0 N–H and O–H groups in total. The Morgan fingerprint density at radius 2 is 2.23 bits per heavy atom. The zero-order chi connectivity index (χ0) is 9.10. The molecule has 13 heavy (non-hydrogen) atoms. The molecular weight excluding hydrogens is 182 g/mol. The summed E-state index contributed by atoms with van der Waals surface area (Å²) in [7, 11) is 0. The second-order valence-electron chi connectivity index (χ2n) is 3.95. The molecule has 3 heteroatoms. The Balaban J connectivity index is 1.87. The van der Waals surface area contributed by atoms with Crippen LogP contribution in [0.25, 0.3) is 0 Å². The summed E-state index contributed by atoms with van der Waals surface area (Å²) in [6.07, 6.45) is 4.02. The zero-order valence-electron chi connectivity index (χ0n) is 8.00. The highest BCUT2D eigenvalue weighted by atomic mass is 32.2. The van der Waals surface area contributed by atoms with Crippen LogP contribution in [0.1, 0.15) is 25.7 Å². The molecule has 0 saturated carbocycles. The van der Waals surface area contributed by atoms with Gasteiger partial charge in [-0.3, -0.25) is 9.69 Å². The van der Waals surface area contributed by atoms with Gasteiger partial charge in [0.25, 0.3) is 0 Å². The maximum absolute atomic E-state index is 11.2. The predicted molar refractivity (Wildman–Crippen MR) is 56.2 cm³/mol. The summed E-state index contributed by atoms with van der Waals surface area (Å²) in [4.78, 5) is 13.7. The molecule has 2 saturated heterocycles. The highest BCUT2D eigenvalue weighted by molar-refractivity contribution is 7.99. The van der Waals surface area contributed by atoms with Crippen LogP contribution in [0.3, 0.4) is 0 Å². The first kappa shape index (κ1) is 9.53. The molecule has 74 valence electrons. The number of ketones is 1. The molecular formula is C10H17NOS. The topological polar surface area (TPSA) is 20.3 Å². The van der Waals surface area contributed by atoms with Gasteiger partial charge < -0.3 is 0 Å². The Labute approximate surface area is 84.1 Å². The van der Waals surface area contributed by atoms with Gasteiger partial charge in [-0.1, -0.05) is 0 Å². The lowest BCUT2D eigenvalue weighted by Gasteiger charge is -2.25. The fourth-order valence-electron chi connectivity index (χ4n) is 2.16. The number of hydrogen-bond donors (Lipinski definition) is 0. The lowest BCUT2D eigenvalue weighted by atomic mass is 10.2. The highest BCUT2D eigenvalue weighted by Crippen LogP contribution is 2.23. The number of hydrogen-bond acceptors (Lipinski definition) is 3. The van der Waals surface area contributed by atoms with Crippen molar-refractivity contribution in [2.24, 2.45) is 0 Å². The normalized spacial score (nSPS) is 32.0. The Morgan fingerprint density at radius 1 is 1.31 bits per heavy atom. The summed E-state index contributed by atoms with van der Waals surface area (Å²) < 4.78 is 0. The van der Waals surface area contributed by atoms with Crippen molar-refractivity contribution in [1.29, 1.82) is 0 Å². The highest BCUT2D eigenvalue weighted by Gasteiger charge is 2.24. The molecule has 0 aromatic rings. The molecule has 0 amide bonds. The summed E-state index contributed by atoms with van der Waals surface area (Å²) >= 11 is 2.06. The molecule has 2 rings (SSSR count). The fraction of sp³-hybridized carbons (Fsp3) is 0.900. The van der Waals surface area contributed by atoms with Gasteiger partial charge in [-0.15, -0.1) is 0 Å². The number of carbonyl (C=O) groups excluding carboxylic acids is 1. The largest absolute Gasteiger partial charge is 0.300 e. The Hall–Kier alpha value is -0.0200. The van der Waals surface area contributed by atoms with Crippen molar-refractivity contribution in [3.8, 4) is 0 Å². The van der Waals surface area contributed by atoms with Gasteiger partial charge in [-0.25, -0.2) is 0 Å². The second-order valence-corrected chi connectivity index (χ2v) is 5.10.